The number of rotatable bonds is 6. The van der Waals surface area contributed by atoms with Gasteiger partial charge in [-0.25, -0.2) is 9.97 Å². The topological polar surface area (TPSA) is 47.0 Å². The maximum Gasteiger partial charge on any atom is 0.160 e. The standard InChI is InChI=1S/C17H29N3O/c1-5-21-16(13-9-7-6-8-10-13)17-19-14(12(2)3)11-15(18-4)20-17/h11-13,16H,5-10H2,1-4H3,(H,18,19,20). The monoisotopic (exact) mass is 291 g/mol. The molecule has 2 rings (SSSR count). The van der Waals surface area contributed by atoms with Crippen molar-refractivity contribution in [3.63, 3.8) is 0 Å². The van der Waals surface area contributed by atoms with Crippen LogP contribution >= 0.6 is 0 Å². The summed E-state index contributed by atoms with van der Waals surface area (Å²) in [6.07, 6.45) is 6.46. The summed E-state index contributed by atoms with van der Waals surface area (Å²) in [6.45, 7) is 7.11. The van der Waals surface area contributed by atoms with Crippen LogP contribution < -0.4 is 5.32 Å². The van der Waals surface area contributed by atoms with Gasteiger partial charge in [0.25, 0.3) is 0 Å². The molecule has 118 valence electrons. The normalized spacial score (nSPS) is 18.0. The summed E-state index contributed by atoms with van der Waals surface area (Å²) in [7, 11) is 1.91. The van der Waals surface area contributed by atoms with E-state index in [1.54, 1.807) is 0 Å². The highest BCUT2D eigenvalue weighted by molar-refractivity contribution is 5.36. The number of ether oxygens (including phenoxy) is 1. The van der Waals surface area contributed by atoms with Crippen LogP contribution in [0.25, 0.3) is 0 Å². The number of anilines is 1. The summed E-state index contributed by atoms with van der Waals surface area (Å²) in [6, 6.07) is 2.04. The number of hydrogen-bond acceptors (Lipinski definition) is 4. The van der Waals surface area contributed by atoms with Crippen molar-refractivity contribution in [2.45, 2.75) is 64.9 Å². The first-order valence-corrected chi connectivity index (χ1v) is 8.34. The van der Waals surface area contributed by atoms with Crippen molar-refractivity contribution < 1.29 is 4.74 Å². The van der Waals surface area contributed by atoms with Crippen molar-refractivity contribution in [1.29, 1.82) is 0 Å². The van der Waals surface area contributed by atoms with E-state index >= 15 is 0 Å². The second kappa shape index (κ2) is 7.74. The lowest BCUT2D eigenvalue weighted by Crippen LogP contribution is -2.22. The van der Waals surface area contributed by atoms with Crippen LogP contribution in [0.3, 0.4) is 0 Å². The molecule has 1 saturated carbocycles. The number of aromatic nitrogens is 2. The minimum absolute atomic E-state index is 0.0427. The van der Waals surface area contributed by atoms with E-state index < -0.39 is 0 Å². The quantitative estimate of drug-likeness (QED) is 0.849. The summed E-state index contributed by atoms with van der Waals surface area (Å²) in [5, 5.41) is 3.16. The summed E-state index contributed by atoms with van der Waals surface area (Å²) < 4.78 is 6.05. The third-order valence-electron chi connectivity index (χ3n) is 4.29. The van der Waals surface area contributed by atoms with E-state index in [4.69, 9.17) is 9.72 Å². The van der Waals surface area contributed by atoms with E-state index in [0.29, 0.717) is 18.4 Å². The van der Waals surface area contributed by atoms with Crippen molar-refractivity contribution in [2.24, 2.45) is 5.92 Å². The molecule has 4 nitrogen and oxygen atoms in total. The van der Waals surface area contributed by atoms with Crippen molar-refractivity contribution in [1.82, 2.24) is 9.97 Å². The minimum atomic E-state index is 0.0427. The van der Waals surface area contributed by atoms with Gasteiger partial charge in [-0.1, -0.05) is 33.1 Å². The Morgan fingerprint density at radius 2 is 1.95 bits per heavy atom. The van der Waals surface area contributed by atoms with E-state index in [1.165, 1.54) is 32.1 Å². The molecule has 4 heteroatoms. The van der Waals surface area contributed by atoms with Gasteiger partial charge < -0.3 is 10.1 Å². The molecule has 21 heavy (non-hydrogen) atoms. The maximum atomic E-state index is 6.05. The van der Waals surface area contributed by atoms with Crippen LogP contribution in [0.2, 0.25) is 0 Å². The van der Waals surface area contributed by atoms with Crippen LogP contribution in [0.1, 0.15) is 76.4 Å². The van der Waals surface area contributed by atoms with E-state index in [9.17, 15) is 0 Å². The summed E-state index contributed by atoms with van der Waals surface area (Å²) in [5.74, 6) is 2.71. The Morgan fingerprint density at radius 3 is 2.52 bits per heavy atom. The van der Waals surface area contributed by atoms with Crippen LogP contribution in [0, 0.1) is 5.92 Å². The van der Waals surface area contributed by atoms with Crippen LogP contribution in [0.15, 0.2) is 6.07 Å². The zero-order valence-corrected chi connectivity index (χ0v) is 13.9. The zero-order chi connectivity index (χ0) is 15.2. The lowest BCUT2D eigenvalue weighted by Gasteiger charge is -2.29. The number of hydrogen-bond donors (Lipinski definition) is 1. The summed E-state index contributed by atoms with van der Waals surface area (Å²) in [4.78, 5) is 9.48. The molecule has 1 aliphatic carbocycles. The van der Waals surface area contributed by atoms with Crippen LogP contribution in [-0.4, -0.2) is 23.6 Å². The first-order chi connectivity index (χ1) is 10.2. The first-order valence-electron chi connectivity index (χ1n) is 8.34. The molecule has 1 aromatic heterocycles. The molecule has 0 saturated heterocycles. The molecule has 1 N–H and O–H groups in total. The maximum absolute atomic E-state index is 6.05. The second-order valence-electron chi connectivity index (χ2n) is 6.21. The van der Waals surface area contributed by atoms with Gasteiger partial charge in [0.15, 0.2) is 5.82 Å². The second-order valence-corrected chi connectivity index (χ2v) is 6.21. The molecule has 1 aliphatic rings. The molecule has 0 bridgehead atoms. The molecule has 0 amide bonds. The number of nitrogens with zero attached hydrogens (tertiary/aromatic N) is 2. The van der Waals surface area contributed by atoms with E-state index in [1.807, 2.05) is 13.1 Å². The van der Waals surface area contributed by atoms with Crippen molar-refractivity contribution in [3.8, 4) is 0 Å². The lowest BCUT2D eigenvalue weighted by molar-refractivity contribution is -0.000253. The molecule has 1 unspecified atom stereocenters. The molecular formula is C17H29N3O. The highest BCUT2D eigenvalue weighted by atomic mass is 16.5. The SMILES string of the molecule is CCOC(c1nc(NC)cc(C(C)C)n1)C1CCCCC1. The molecule has 1 aromatic rings. The fourth-order valence-corrected chi connectivity index (χ4v) is 3.07. The fraction of sp³-hybridized carbons (Fsp3) is 0.765. The largest absolute Gasteiger partial charge is 0.373 e. The van der Waals surface area contributed by atoms with Crippen LogP contribution in [-0.2, 0) is 4.74 Å². The first kappa shape index (κ1) is 16.2. The average Bonchev–Trinajstić information content (AvgIpc) is 2.52. The Morgan fingerprint density at radius 1 is 1.24 bits per heavy atom. The van der Waals surface area contributed by atoms with Crippen LogP contribution in [0.5, 0.6) is 0 Å². The molecule has 1 atom stereocenters. The summed E-state index contributed by atoms with van der Waals surface area (Å²) >= 11 is 0. The predicted molar refractivity (Wildman–Crippen MR) is 86.6 cm³/mol. The predicted octanol–water partition coefficient (Wildman–Crippen LogP) is 4.30. The molecule has 0 aromatic carbocycles. The fourth-order valence-electron chi connectivity index (χ4n) is 3.07. The lowest BCUT2D eigenvalue weighted by atomic mass is 9.84. The van der Waals surface area contributed by atoms with Crippen LogP contribution in [0.4, 0.5) is 5.82 Å². The third-order valence-corrected chi connectivity index (χ3v) is 4.29. The van der Waals surface area contributed by atoms with Crippen molar-refractivity contribution in [2.75, 3.05) is 19.0 Å². The van der Waals surface area contributed by atoms with Gasteiger partial charge in [-0.05, 0) is 31.6 Å². The molecular weight excluding hydrogens is 262 g/mol. The Balaban J connectivity index is 2.31. The van der Waals surface area contributed by atoms with Gasteiger partial charge in [0.2, 0.25) is 0 Å². The molecule has 0 spiro atoms. The molecule has 0 radical (unpaired) electrons. The third kappa shape index (κ3) is 4.16. The Hall–Kier alpha value is -1.16. The Labute approximate surface area is 128 Å². The molecule has 1 fully saturated rings. The average molecular weight is 291 g/mol. The Bertz CT molecular complexity index is 442. The number of nitrogens with one attached hydrogen (secondary N) is 1. The van der Waals surface area contributed by atoms with Crippen molar-refractivity contribution in [3.05, 3.63) is 17.6 Å². The van der Waals surface area contributed by atoms with Gasteiger partial charge in [-0.15, -0.1) is 0 Å². The van der Waals surface area contributed by atoms with Gasteiger partial charge >= 0.3 is 0 Å². The molecule has 1 heterocycles. The minimum Gasteiger partial charge on any atom is -0.373 e. The van der Waals surface area contributed by atoms with Gasteiger partial charge in [0.05, 0.1) is 0 Å². The highest BCUT2D eigenvalue weighted by Crippen LogP contribution is 2.36. The zero-order valence-electron chi connectivity index (χ0n) is 13.9. The molecule has 0 aliphatic heterocycles. The Kier molecular flexibility index (Phi) is 5.97. The smallest absolute Gasteiger partial charge is 0.160 e. The summed E-state index contributed by atoms with van der Waals surface area (Å²) in [5.41, 5.74) is 1.09. The van der Waals surface area contributed by atoms with Gasteiger partial charge in [-0.3, -0.25) is 0 Å². The van der Waals surface area contributed by atoms with Gasteiger partial charge in [0.1, 0.15) is 11.9 Å². The van der Waals surface area contributed by atoms with E-state index in [0.717, 1.165) is 17.3 Å². The van der Waals surface area contributed by atoms with Gasteiger partial charge in [0, 0.05) is 25.4 Å². The van der Waals surface area contributed by atoms with E-state index in [-0.39, 0.29) is 6.10 Å². The van der Waals surface area contributed by atoms with Gasteiger partial charge in [-0.2, -0.15) is 0 Å². The van der Waals surface area contributed by atoms with E-state index in [2.05, 4.69) is 31.1 Å². The van der Waals surface area contributed by atoms with Crippen molar-refractivity contribution >= 4 is 5.82 Å². The highest BCUT2D eigenvalue weighted by Gasteiger charge is 2.28.